The van der Waals surface area contributed by atoms with Gasteiger partial charge < -0.3 is 4.90 Å². The number of fused-ring (bicyclic) bond motifs is 1. The molecule has 3 heterocycles. The highest BCUT2D eigenvalue weighted by molar-refractivity contribution is 6.05. The zero-order valence-corrected chi connectivity index (χ0v) is 14.3. The Labute approximate surface area is 146 Å². The quantitative estimate of drug-likeness (QED) is 0.723. The van der Waals surface area contributed by atoms with Crippen LogP contribution in [0, 0.1) is 13.8 Å². The maximum absolute atomic E-state index is 12.9. The second kappa shape index (κ2) is 6.12. The number of hydrogen-bond acceptors (Lipinski definition) is 4. The van der Waals surface area contributed by atoms with Crippen LogP contribution in [0.2, 0.25) is 0 Å². The molecule has 0 unspecified atom stereocenters. The molecule has 1 aromatic carbocycles. The minimum atomic E-state index is -0.105. The first-order valence-corrected chi connectivity index (χ1v) is 8.39. The number of rotatable bonds is 2. The van der Waals surface area contributed by atoms with E-state index in [0.717, 1.165) is 24.4 Å². The van der Waals surface area contributed by atoms with Crippen molar-refractivity contribution in [3.05, 3.63) is 65.4 Å². The molecular formula is C19H19N5O. The average Bonchev–Trinajstić information content (AvgIpc) is 3.06. The minimum Gasteiger partial charge on any atom is -0.307 e. The van der Waals surface area contributed by atoms with E-state index in [-0.39, 0.29) is 5.91 Å². The molecule has 6 heteroatoms. The van der Waals surface area contributed by atoms with Crippen LogP contribution in [0.5, 0.6) is 0 Å². The van der Waals surface area contributed by atoms with Crippen molar-refractivity contribution in [1.29, 1.82) is 0 Å². The van der Waals surface area contributed by atoms with E-state index in [1.54, 1.807) is 18.3 Å². The maximum Gasteiger partial charge on any atom is 0.278 e. The number of hydrogen-bond donors (Lipinski definition) is 0. The van der Waals surface area contributed by atoms with E-state index in [4.69, 9.17) is 0 Å². The number of carbonyl (C=O) groups is 1. The Balaban J connectivity index is 1.63. The average molecular weight is 333 g/mol. The van der Waals surface area contributed by atoms with E-state index in [1.807, 2.05) is 34.7 Å². The highest BCUT2D eigenvalue weighted by atomic mass is 16.2. The second-order valence-electron chi connectivity index (χ2n) is 6.31. The number of amides is 1. The molecule has 6 nitrogen and oxygen atoms in total. The van der Waals surface area contributed by atoms with Crippen LogP contribution >= 0.6 is 0 Å². The van der Waals surface area contributed by atoms with Gasteiger partial charge in [-0.15, -0.1) is 10.2 Å². The number of carbonyl (C=O) groups excluding carboxylic acids is 1. The Kier molecular flexibility index (Phi) is 3.80. The molecule has 3 aromatic rings. The molecule has 126 valence electrons. The second-order valence-corrected chi connectivity index (χ2v) is 6.31. The fourth-order valence-corrected chi connectivity index (χ4v) is 3.26. The molecule has 1 aliphatic rings. The van der Waals surface area contributed by atoms with Crippen molar-refractivity contribution >= 4 is 11.6 Å². The summed E-state index contributed by atoms with van der Waals surface area (Å²) in [6, 6.07) is 9.76. The predicted molar refractivity (Wildman–Crippen MR) is 95.1 cm³/mol. The van der Waals surface area contributed by atoms with Gasteiger partial charge in [-0.25, -0.2) is 4.98 Å². The largest absolute Gasteiger partial charge is 0.307 e. The lowest BCUT2D eigenvalue weighted by atomic mass is 9.99. The molecule has 0 atom stereocenters. The molecule has 0 bridgehead atoms. The summed E-state index contributed by atoms with van der Waals surface area (Å²) in [7, 11) is 0. The van der Waals surface area contributed by atoms with Crippen molar-refractivity contribution < 1.29 is 4.79 Å². The van der Waals surface area contributed by atoms with Crippen LogP contribution in [0.4, 0.5) is 5.69 Å². The smallest absolute Gasteiger partial charge is 0.278 e. The molecule has 25 heavy (non-hydrogen) atoms. The summed E-state index contributed by atoms with van der Waals surface area (Å²) in [5.74, 6) is 1.38. The van der Waals surface area contributed by atoms with Gasteiger partial charge >= 0.3 is 0 Å². The van der Waals surface area contributed by atoms with Crippen LogP contribution in [-0.4, -0.2) is 32.2 Å². The number of benzene rings is 1. The Bertz CT molecular complexity index is 929. The summed E-state index contributed by atoms with van der Waals surface area (Å²) in [6.07, 6.45) is 5.50. The van der Waals surface area contributed by atoms with Gasteiger partial charge in [-0.3, -0.25) is 9.36 Å². The molecular weight excluding hydrogens is 314 g/mol. The summed E-state index contributed by atoms with van der Waals surface area (Å²) >= 11 is 0. The number of imidazole rings is 1. The van der Waals surface area contributed by atoms with E-state index < -0.39 is 0 Å². The number of anilines is 1. The molecule has 0 aliphatic carbocycles. The van der Waals surface area contributed by atoms with E-state index in [0.29, 0.717) is 18.1 Å². The van der Waals surface area contributed by atoms with Gasteiger partial charge in [0.05, 0.1) is 0 Å². The van der Waals surface area contributed by atoms with Gasteiger partial charge in [0.1, 0.15) is 5.82 Å². The molecule has 2 aromatic heterocycles. The summed E-state index contributed by atoms with van der Waals surface area (Å²) < 4.78 is 1.83. The third-order valence-electron chi connectivity index (χ3n) is 4.54. The third-order valence-corrected chi connectivity index (χ3v) is 4.54. The molecule has 0 spiro atoms. The lowest BCUT2D eigenvalue weighted by Gasteiger charge is -2.29. The van der Waals surface area contributed by atoms with Crippen LogP contribution in [0.15, 0.2) is 42.7 Å². The molecule has 1 aliphatic heterocycles. The Morgan fingerprint density at radius 2 is 2.00 bits per heavy atom. The summed E-state index contributed by atoms with van der Waals surface area (Å²) in [5.41, 5.74) is 3.78. The van der Waals surface area contributed by atoms with Crippen molar-refractivity contribution in [1.82, 2.24) is 19.7 Å². The lowest BCUT2D eigenvalue weighted by Crippen LogP contribution is -2.36. The molecule has 4 rings (SSSR count). The van der Waals surface area contributed by atoms with Gasteiger partial charge in [-0.05, 0) is 50.5 Å². The SMILES string of the molecule is Cc1ccc2c(c1)CCCN2C(=O)c1ccc(-n2ccnc2C)nn1. The van der Waals surface area contributed by atoms with Crippen LogP contribution in [-0.2, 0) is 6.42 Å². The topological polar surface area (TPSA) is 63.9 Å². The van der Waals surface area contributed by atoms with Crippen molar-refractivity contribution in [3.8, 4) is 5.82 Å². The van der Waals surface area contributed by atoms with Crippen molar-refractivity contribution in [2.24, 2.45) is 0 Å². The highest BCUT2D eigenvalue weighted by Gasteiger charge is 2.24. The molecule has 0 N–H and O–H groups in total. The monoisotopic (exact) mass is 333 g/mol. The Hall–Kier alpha value is -3.02. The van der Waals surface area contributed by atoms with Crippen LogP contribution in [0.1, 0.15) is 33.9 Å². The number of nitrogens with zero attached hydrogens (tertiary/aromatic N) is 5. The lowest BCUT2D eigenvalue weighted by molar-refractivity contribution is 0.0979. The first-order valence-electron chi connectivity index (χ1n) is 8.39. The first-order chi connectivity index (χ1) is 12.1. The maximum atomic E-state index is 12.9. The zero-order valence-electron chi connectivity index (χ0n) is 14.3. The fraction of sp³-hybridized carbons (Fsp3) is 0.263. The zero-order chi connectivity index (χ0) is 17.4. The minimum absolute atomic E-state index is 0.105. The van der Waals surface area contributed by atoms with E-state index in [9.17, 15) is 4.79 Å². The molecule has 0 fully saturated rings. The van der Waals surface area contributed by atoms with Crippen LogP contribution in [0.3, 0.4) is 0 Å². The fourth-order valence-electron chi connectivity index (χ4n) is 3.26. The van der Waals surface area contributed by atoms with Gasteiger partial charge in [0, 0.05) is 24.6 Å². The number of aryl methyl sites for hydroxylation is 3. The Morgan fingerprint density at radius 3 is 2.72 bits per heavy atom. The molecule has 0 saturated carbocycles. The van der Waals surface area contributed by atoms with Gasteiger partial charge in [-0.1, -0.05) is 17.7 Å². The predicted octanol–water partition coefficient (Wildman–Crippen LogP) is 2.87. The van der Waals surface area contributed by atoms with E-state index in [2.05, 4.69) is 28.2 Å². The van der Waals surface area contributed by atoms with Gasteiger partial charge in [-0.2, -0.15) is 0 Å². The molecule has 1 amide bonds. The molecule has 0 saturated heterocycles. The first kappa shape index (κ1) is 15.5. The normalized spacial score (nSPS) is 13.6. The number of aromatic nitrogens is 4. The van der Waals surface area contributed by atoms with E-state index in [1.165, 1.54) is 11.1 Å². The van der Waals surface area contributed by atoms with Crippen LogP contribution in [0.25, 0.3) is 5.82 Å². The Morgan fingerprint density at radius 1 is 1.12 bits per heavy atom. The standard InChI is InChI=1S/C19H19N5O/c1-13-5-7-17-15(12-13)4-3-10-24(17)19(25)16-6-8-18(22-21-16)23-11-9-20-14(23)2/h5-9,11-12H,3-4,10H2,1-2H3. The third kappa shape index (κ3) is 2.80. The van der Waals surface area contributed by atoms with Crippen LogP contribution < -0.4 is 4.90 Å². The van der Waals surface area contributed by atoms with Gasteiger partial charge in [0.25, 0.3) is 5.91 Å². The summed E-state index contributed by atoms with van der Waals surface area (Å²) in [6.45, 7) is 4.68. The van der Waals surface area contributed by atoms with Crippen molar-refractivity contribution in [3.63, 3.8) is 0 Å². The van der Waals surface area contributed by atoms with Gasteiger partial charge in [0.15, 0.2) is 11.5 Å². The summed E-state index contributed by atoms with van der Waals surface area (Å²) in [4.78, 5) is 18.9. The van der Waals surface area contributed by atoms with Crippen molar-refractivity contribution in [2.45, 2.75) is 26.7 Å². The van der Waals surface area contributed by atoms with Crippen molar-refractivity contribution in [2.75, 3.05) is 11.4 Å². The summed E-state index contributed by atoms with van der Waals surface area (Å²) in [5, 5.41) is 8.35. The highest BCUT2D eigenvalue weighted by Crippen LogP contribution is 2.29. The van der Waals surface area contributed by atoms with Gasteiger partial charge in [0.2, 0.25) is 0 Å². The molecule has 0 radical (unpaired) electrons. The van der Waals surface area contributed by atoms with E-state index >= 15 is 0 Å².